The lowest BCUT2D eigenvalue weighted by Crippen LogP contribution is -2.41. The smallest absolute Gasteiger partial charge is 0.475 e. The summed E-state index contributed by atoms with van der Waals surface area (Å²) in [5.74, 6) is -2.81. The number of rotatable bonds is 6. The fourth-order valence-electron chi connectivity index (χ4n) is 4.75. The van der Waals surface area contributed by atoms with E-state index in [1.54, 1.807) is 13.0 Å². The number of alkyl halides is 3. The molecule has 4 aromatic rings. The highest BCUT2D eigenvalue weighted by atomic mass is 35.5. The number of amides is 1. The van der Waals surface area contributed by atoms with Crippen LogP contribution in [0.4, 0.5) is 24.7 Å². The number of piperidine rings is 1. The lowest BCUT2D eigenvalue weighted by atomic mass is 10.0. The van der Waals surface area contributed by atoms with Crippen LogP contribution in [0.5, 0.6) is 0 Å². The molecule has 0 atom stereocenters. The zero-order valence-electron chi connectivity index (χ0n) is 23.0. The van der Waals surface area contributed by atoms with Crippen molar-refractivity contribution >= 4 is 46.0 Å². The van der Waals surface area contributed by atoms with E-state index in [0.29, 0.717) is 31.0 Å². The molecule has 0 aliphatic carbocycles. The molecule has 1 fully saturated rings. The minimum Gasteiger partial charge on any atom is -0.475 e. The molecule has 5 rings (SSSR count). The first kappa shape index (κ1) is 31.5. The number of nitrogens with two attached hydrogens (primary N) is 1. The van der Waals surface area contributed by atoms with Crippen LogP contribution < -0.4 is 21.5 Å². The average Bonchev–Trinajstić information content (AvgIpc) is 3.41. The van der Waals surface area contributed by atoms with Crippen molar-refractivity contribution in [1.82, 2.24) is 19.1 Å². The second-order valence-electron chi connectivity index (χ2n) is 9.82. The van der Waals surface area contributed by atoms with Gasteiger partial charge in [-0.15, -0.1) is 0 Å². The maximum absolute atomic E-state index is 13.4. The van der Waals surface area contributed by atoms with Crippen molar-refractivity contribution in [3.63, 3.8) is 0 Å². The molecule has 1 aliphatic heterocycles. The number of nitrogens with zero attached hydrogens (tertiary/aromatic N) is 5. The van der Waals surface area contributed by atoms with Gasteiger partial charge in [0, 0.05) is 31.4 Å². The fraction of sp³-hybridized carbons (Fsp3) is 0.321. The van der Waals surface area contributed by atoms with Crippen LogP contribution in [-0.4, -0.2) is 55.4 Å². The van der Waals surface area contributed by atoms with E-state index in [0.717, 1.165) is 29.4 Å². The predicted octanol–water partition coefficient (Wildman–Crippen LogP) is 4.13. The summed E-state index contributed by atoms with van der Waals surface area (Å²) in [4.78, 5) is 45.9. The number of nitrogens with one attached hydrogen (secondary N) is 1. The van der Waals surface area contributed by atoms with Gasteiger partial charge in [-0.05, 0) is 49.6 Å². The molecular weight excluding hydrogens is 591 g/mol. The van der Waals surface area contributed by atoms with Gasteiger partial charge in [0.1, 0.15) is 6.54 Å². The Morgan fingerprint density at radius 3 is 2.47 bits per heavy atom. The summed E-state index contributed by atoms with van der Waals surface area (Å²) < 4.78 is 35.3. The first-order chi connectivity index (χ1) is 20.4. The summed E-state index contributed by atoms with van der Waals surface area (Å²) in [5, 5.41) is 10.2. The quantitative estimate of drug-likeness (QED) is 0.292. The summed E-state index contributed by atoms with van der Waals surface area (Å²) in [5.41, 5.74) is 9.44. The predicted molar refractivity (Wildman–Crippen MR) is 155 cm³/mol. The Labute approximate surface area is 248 Å². The average molecular weight is 620 g/mol. The second kappa shape index (κ2) is 13.3. The monoisotopic (exact) mass is 619 g/mol. The molecule has 4 N–H and O–H groups in total. The zero-order valence-corrected chi connectivity index (χ0v) is 23.8. The third-order valence-electron chi connectivity index (χ3n) is 6.97. The lowest BCUT2D eigenvalue weighted by Gasteiger charge is -2.33. The highest BCUT2D eigenvalue weighted by molar-refractivity contribution is 6.30. The topological polar surface area (TPSA) is 148 Å². The molecule has 0 radical (unpaired) electrons. The molecule has 2 aromatic carbocycles. The molecule has 0 unspecified atom stereocenters. The fourth-order valence-corrected chi connectivity index (χ4v) is 4.93. The number of hydrogen-bond acceptors (Lipinski definition) is 7. The Bertz CT molecular complexity index is 1680. The van der Waals surface area contributed by atoms with E-state index in [-0.39, 0.29) is 35.0 Å². The van der Waals surface area contributed by atoms with E-state index >= 15 is 0 Å². The van der Waals surface area contributed by atoms with Crippen molar-refractivity contribution in [3.8, 4) is 0 Å². The number of carboxylic acid groups (broad SMARTS) is 1. The molecule has 15 heteroatoms. The van der Waals surface area contributed by atoms with Crippen LogP contribution in [0.1, 0.15) is 30.1 Å². The van der Waals surface area contributed by atoms with Crippen LogP contribution in [0.3, 0.4) is 0 Å². The SMILES string of the molecule is Cc1c(Cl)nc(N2CCC(n3cnc4ccccc43)CC2)c(=O)n1CC(=O)Nc1cccc(CN)c1.O=C(O)C(F)(F)F. The van der Waals surface area contributed by atoms with Gasteiger partial charge in [0.25, 0.3) is 5.56 Å². The number of imidazole rings is 1. The van der Waals surface area contributed by atoms with Crippen LogP contribution in [0, 0.1) is 6.92 Å². The summed E-state index contributed by atoms with van der Waals surface area (Å²) in [6.45, 7) is 3.20. The number of halogens is 4. The highest BCUT2D eigenvalue weighted by Crippen LogP contribution is 2.28. The van der Waals surface area contributed by atoms with Gasteiger partial charge < -0.3 is 25.6 Å². The molecule has 3 heterocycles. The van der Waals surface area contributed by atoms with Gasteiger partial charge in [0.2, 0.25) is 5.91 Å². The van der Waals surface area contributed by atoms with Crippen LogP contribution in [-0.2, 0) is 22.7 Å². The van der Waals surface area contributed by atoms with Gasteiger partial charge in [0.05, 0.1) is 23.1 Å². The van der Waals surface area contributed by atoms with Crippen molar-refractivity contribution < 1.29 is 27.9 Å². The van der Waals surface area contributed by atoms with E-state index < -0.39 is 12.1 Å². The number of benzene rings is 2. The van der Waals surface area contributed by atoms with Gasteiger partial charge in [-0.1, -0.05) is 35.9 Å². The number of carbonyl (C=O) groups is 2. The van der Waals surface area contributed by atoms with Crippen LogP contribution >= 0.6 is 11.6 Å². The maximum Gasteiger partial charge on any atom is 0.490 e. The van der Waals surface area contributed by atoms with Crippen LogP contribution in [0.2, 0.25) is 5.15 Å². The van der Waals surface area contributed by atoms with E-state index in [2.05, 4.69) is 25.9 Å². The molecule has 1 amide bonds. The molecule has 0 saturated carbocycles. The largest absolute Gasteiger partial charge is 0.490 e. The van der Waals surface area contributed by atoms with Crippen molar-refractivity contribution in [2.75, 3.05) is 23.3 Å². The molecule has 228 valence electrons. The summed E-state index contributed by atoms with van der Waals surface area (Å²) in [6.07, 6.45) is -1.52. The van der Waals surface area contributed by atoms with Crippen LogP contribution in [0.25, 0.3) is 11.0 Å². The molecule has 1 aliphatic rings. The standard InChI is InChI=1S/C26H28ClN7O2.C2HF3O2/c1-17-24(27)31-25(26(36)33(17)15-23(35)30-19-6-4-5-18(13-19)14-28)32-11-9-20(10-12-32)34-16-29-21-7-2-3-8-22(21)34;3-2(4,5)1(6)7/h2-8,13,16,20H,9-12,14-15,28H2,1H3,(H,30,35);(H,6,7). The molecule has 11 nitrogen and oxygen atoms in total. The number of para-hydroxylation sites is 2. The molecule has 0 spiro atoms. The molecule has 1 saturated heterocycles. The second-order valence-corrected chi connectivity index (χ2v) is 10.2. The molecule has 2 aromatic heterocycles. The van der Waals surface area contributed by atoms with Gasteiger partial charge >= 0.3 is 12.1 Å². The summed E-state index contributed by atoms with van der Waals surface area (Å²) >= 11 is 6.41. The lowest BCUT2D eigenvalue weighted by molar-refractivity contribution is -0.192. The Hall–Kier alpha value is -4.43. The van der Waals surface area contributed by atoms with E-state index in [1.807, 2.05) is 47.6 Å². The Balaban J connectivity index is 0.000000541. The molecule has 0 bridgehead atoms. The summed E-state index contributed by atoms with van der Waals surface area (Å²) in [7, 11) is 0. The Kier molecular flexibility index (Phi) is 9.71. The third-order valence-corrected chi connectivity index (χ3v) is 7.33. The number of carboxylic acids is 1. The highest BCUT2D eigenvalue weighted by Gasteiger charge is 2.38. The van der Waals surface area contributed by atoms with E-state index in [4.69, 9.17) is 27.2 Å². The Morgan fingerprint density at radius 1 is 1.14 bits per heavy atom. The van der Waals surface area contributed by atoms with Crippen molar-refractivity contribution in [1.29, 1.82) is 0 Å². The van der Waals surface area contributed by atoms with Gasteiger partial charge in [0.15, 0.2) is 11.0 Å². The van der Waals surface area contributed by atoms with Crippen molar-refractivity contribution in [2.45, 2.75) is 45.1 Å². The number of fused-ring (bicyclic) bond motifs is 1. The number of aromatic nitrogens is 4. The van der Waals surface area contributed by atoms with E-state index in [1.165, 1.54) is 4.57 Å². The Morgan fingerprint density at radius 2 is 1.81 bits per heavy atom. The third kappa shape index (κ3) is 7.51. The molecule has 43 heavy (non-hydrogen) atoms. The number of anilines is 2. The summed E-state index contributed by atoms with van der Waals surface area (Å²) in [6, 6.07) is 15.7. The first-order valence-corrected chi connectivity index (χ1v) is 13.6. The van der Waals surface area contributed by atoms with Gasteiger partial charge in [-0.2, -0.15) is 13.2 Å². The zero-order chi connectivity index (χ0) is 31.3. The minimum absolute atomic E-state index is 0.162. The normalized spacial score (nSPS) is 13.9. The maximum atomic E-state index is 13.4. The first-order valence-electron chi connectivity index (χ1n) is 13.2. The van der Waals surface area contributed by atoms with Gasteiger partial charge in [-0.3, -0.25) is 14.2 Å². The molecular formula is C28H29ClF3N7O4. The van der Waals surface area contributed by atoms with E-state index in [9.17, 15) is 22.8 Å². The number of hydrogen-bond donors (Lipinski definition) is 3. The van der Waals surface area contributed by atoms with Crippen molar-refractivity contribution in [2.24, 2.45) is 5.73 Å². The number of aliphatic carboxylic acids is 1. The number of carbonyl (C=O) groups excluding carboxylic acids is 1. The van der Waals surface area contributed by atoms with Crippen LogP contribution in [0.15, 0.2) is 59.7 Å². The minimum atomic E-state index is -5.08. The van der Waals surface area contributed by atoms with Crippen molar-refractivity contribution in [3.05, 3.63) is 81.6 Å². The van der Waals surface area contributed by atoms with Gasteiger partial charge in [-0.25, -0.2) is 14.8 Å².